The van der Waals surface area contributed by atoms with Gasteiger partial charge in [0.2, 0.25) is 0 Å². The molecule has 0 aromatic rings. The maximum Gasteiger partial charge on any atom is 0.00104 e. The highest BCUT2D eigenvalue weighted by atomic mass is 14.9. The van der Waals surface area contributed by atoms with Crippen molar-refractivity contribution in [2.45, 2.75) is 65.3 Å². The number of rotatable bonds is 5. The second-order valence-electron chi connectivity index (χ2n) is 5.24. The summed E-state index contributed by atoms with van der Waals surface area (Å²) >= 11 is 0. The maximum absolute atomic E-state index is 3.56. The quantitative estimate of drug-likeness (QED) is 0.710. The summed E-state index contributed by atoms with van der Waals surface area (Å²) in [6.07, 6.45) is 8.73. The van der Waals surface area contributed by atoms with Gasteiger partial charge in [-0.05, 0) is 31.2 Å². The van der Waals surface area contributed by atoms with Gasteiger partial charge >= 0.3 is 0 Å². The molecule has 0 amide bonds. The maximum atomic E-state index is 3.56. The van der Waals surface area contributed by atoms with E-state index in [0.717, 1.165) is 11.8 Å². The van der Waals surface area contributed by atoms with Crippen molar-refractivity contribution in [1.29, 1.82) is 0 Å². The Labute approximate surface area is 89.7 Å². The van der Waals surface area contributed by atoms with E-state index in [2.05, 4.69) is 26.1 Å². The van der Waals surface area contributed by atoms with Crippen LogP contribution in [0, 0.1) is 11.8 Å². The molecule has 1 rings (SSSR count). The third-order valence-corrected chi connectivity index (χ3v) is 3.48. The van der Waals surface area contributed by atoms with Crippen LogP contribution in [-0.4, -0.2) is 12.6 Å². The van der Waals surface area contributed by atoms with Crippen LogP contribution in [-0.2, 0) is 0 Å². The monoisotopic (exact) mass is 197 g/mol. The molecule has 1 fully saturated rings. The molecule has 1 aliphatic rings. The zero-order valence-corrected chi connectivity index (χ0v) is 10.2. The molecule has 0 spiro atoms. The molecular formula is C13H27N. The van der Waals surface area contributed by atoms with E-state index in [1.165, 1.54) is 45.1 Å². The molecule has 0 aromatic carbocycles. The Kier molecular flexibility index (Phi) is 5.54. The Bertz CT molecular complexity index is 134. The molecule has 0 radical (unpaired) electrons. The fourth-order valence-electron chi connectivity index (χ4n) is 2.53. The second-order valence-corrected chi connectivity index (χ2v) is 5.24. The van der Waals surface area contributed by atoms with Crippen molar-refractivity contribution in [3.8, 4) is 0 Å². The number of hydrogen-bond acceptors (Lipinski definition) is 1. The molecule has 0 aliphatic heterocycles. The molecule has 0 aromatic heterocycles. The van der Waals surface area contributed by atoms with Crippen LogP contribution < -0.4 is 5.32 Å². The summed E-state index contributed by atoms with van der Waals surface area (Å²) in [5.74, 6) is 2.01. The summed E-state index contributed by atoms with van der Waals surface area (Å²) in [6.45, 7) is 8.04. The van der Waals surface area contributed by atoms with E-state index < -0.39 is 0 Å². The second kappa shape index (κ2) is 6.44. The molecular weight excluding hydrogens is 170 g/mol. The van der Waals surface area contributed by atoms with Gasteiger partial charge < -0.3 is 5.32 Å². The smallest absolute Gasteiger partial charge is 0.00104 e. The number of hydrogen-bond donors (Lipinski definition) is 1. The normalized spacial score (nSPS) is 28.3. The van der Waals surface area contributed by atoms with E-state index in [1.807, 2.05) is 0 Å². The first-order chi connectivity index (χ1) is 6.72. The van der Waals surface area contributed by atoms with Gasteiger partial charge in [0.1, 0.15) is 0 Å². The molecule has 1 heteroatoms. The average molecular weight is 197 g/mol. The summed E-state index contributed by atoms with van der Waals surface area (Å²) < 4.78 is 0. The molecule has 1 aliphatic carbocycles. The van der Waals surface area contributed by atoms with Crippen molar-refractivity contribution in [2.75, 3.05) is 6.54 Å². The van der Waals surface area contributed by atoms with Gasteiger partial charge in [-0.15, -0.1) is 0 Å². The molecule has 84 valence electrons. The van der Waals surface area contributed by atoms with Crippen LogP contribution in [0.4, 0.5) is 0 Å². The van der Waals surface area contributed by atoms with E-state index in [4.69, 9.17) is 0 Å². The Balaban J connectivity index is 2.09. The first-order valence-corrected chi connectivity index (χ1v) is 6.45. The molecule has 0 bridgehead atoms. The van der Waals surface area contributed by atoms with Crippen molar-refractivity contribution in [1.82, 2.24) is 5.32 Å². The molecule has 1 nitrogen and oxygen atoms in total. The lowest BCUT2D eigenvalue weighted by Gasteiger charge is -2.29. The standard InChI is InChI=1S/C13H27N/c1-4-5-12-6-8-13(9-7-12)10-14-11(2)3/h11-14H,4-10H2,1-3H3. The third-order valence-electron chi connectivity index (χ3n) is 3.48. The zero-order valence-electron chi connectivity index (χ0n) is 10.2. The predicted molar refractivity (Wildman–Crippen MR) is 63.5 cm³/mol. The summed E-state index contributed by atoms with van der Waals surface area (Å²) in [4.78, 5) is 0. The van der Waals surface area contributed by atoms with Crippen LogP contribution in [0.3, 0.4) is 0 Å². The Morgan fingerprint density at radius 2 is 1.64 bits per heavy atom. The molecule has 14 heavy (non-hydrogen) atoms. The largest absolute Gasteiger partial charge is 0.314 e. The molecule has 0 unspecified atom stereocenters. The summed E-state index contributed by atoms with van der Waals surface area (Å²) in [5.41, 5.74) is 0. The highest BCUT2D eigenvalue weighted by molar-refractivity contribution is 4.74. The molecule has 1 saturated carbocycles. The zero-order chi connectivity index (χ0) is 10.4. The van der Waals surface area contributed by atoms with Gasteiger partial charge in [0.25, 0.3) is 0 Å². The average Bonchev–Trinajstić information content (AvgIpc) is 2.17. The first-order valence-electron chi connectivity index (χ1n) is 6.45. The van der Waals surface area contributed by atoms with Crippen LogP contribution >= 0.6 is 0 Å². The number of nitrogens with one attached hydrogen (secondary N) is 1. The minimum atomic E-state index is 0.656. The Morgan fingerprint density at radius 1 is 1.07 bits per heavy atom. The van der Waals surface area contributed by atoms with Gasteiger partial charge in [-0.2, -0.15) is 0 Å². The molecule has 0 heterocycles. The van der Waals surface area contributed by atoms with Gasteiger partial charge in [0.05, 0.1) is 0 Å². The summed E-state index contributed by atoms with van der Waals surface area (Å²) in [5, 5.41) is 3.56. The van der Waals surface area contributed by atoms with Crippen LogP contribution in [0.1, 0.15) is 59.3 Å². The van der Waals surface area contributed by atoms with E-state index in [1.54, 1.807) is 0 Å². The lowest BCUT2D eigenvalue weighted by atomic mass is 9.80. The highest BCUT2D eigenvalue weighted by Crippen LogP contribution is 2.31. The van der Waals surface area contributed by atoms with Gasteiger partial charge in [-0.25, -0.2) is 0 Å². The van der Waals surface area contributed by atoms with Crippen LogP contribution in [0.25, 0.3) is 0 Å². The van der Waals surface area contributed by atoms with E-state index in [-0.39, 0.29) is 0 Å². The lowest BCUT2D eigenvalue weighted by Crippen LogP contribution is -2.31. The SMILES string of the molecule is CCCC1CCC(CNC(C)C)CC1. The predicted octanol–water partition coefficient (Wildman–Crippen LogP) is 3.59. The molecule has 0 atom stereocenters. The van der Waals surface area contributed by atoms with Crippen molar-refractivity contribution in [2.24, 2.45) is 11.8 Å². The highest BCUT2D eigenvalue weighted by Gasteiger charge is 2.20. The molecule has 1 N–H and O–H groups in total. The fraction of sp³-hybridized carbons (Fsp3) is 1.00. The lowest BCUT2D eigenvalue weighted by molar-refractivity contribution is 0.253. The van der Waals surface area contributed by atoms with Crippen LogP contribution in [0.5, 0.6) is 0 Å². The van der Waals surface area contributed by atoms with E-state index >= 15 is 0 Å². The van der Waals surface area contributed by atoms with Crippen molar-refractivity contribution in [3.63, 3.8) is 0 Å². The van der Waals surface area contributed by atoms with Gasteiger partial charge in [0.15, 0.2) is 0 Å². The van der Waals surface area contributed by atoms with E-state index in [9.17, 15) is 0 Å². The topological polar surface area (TPSA) is 12.0 Å². The molecule has 0 saturated heterocycles. The van der Waals surface area contributed by atoms with Crippen molar-refractivity contribution >= 4 is 0 Å². The summed E-state index contributed by atoms with van der Waals surface area (Å²) in [7, 11) is 0. The third kappa shape index (κ3) is 4.45. The van der Waals surface area contributed by atoms with Gasteiger partial charge in [0, 0.05) is 6.04 Å². The minimum absolute atomic E-state index is 0.656. The fourth-order valence-corrected chi connectivity index (χ4v) is 2.53. The van der Waals surface area contributed by atoms with E-state index in [0.29, 0.717) is 6.04 Å². The first kappa shape index (κ1) is 12.0. The summed E-state index contributed by atoms with van der Waals surface area (Å²) in [6, 6.07) is 0.656. The van der Waals surface area contributed by atoms with Gasteiger partial charge in [-0.3, -0.25) is 0 Å². The Hall–Kier alpha value is -0.0400. The van der Waals surface area contributed by atoms with Crippen LogP contribution in [0.15, 0.2) is 0 Å². The minimum Gasteiger partial charge on any atom is -0.314 e. The van der Waals surface area contributed by atoms with Gasteiger partial charge in [-0.1, -0.05) is 46.5 Å². The Morgan fingerprint density at radius 3 is 2.14 bits per heavy atom. The van der Waals surface area contributed by atoms with Crippen LogP contribution in [0.2, 0.25) is 0 Å². The van der Waals surface area contributed by atoms with Crippen molar-refractivity contribution < 1.29 is 0 Å². The van der Waals surface area contributed by atoms with Crippen molar-refractivity contribution in [3.05, 3.63) is 0 Å².